The van der Waals surface area contributed by atoms with Crippen molar-refractivity contribution in [1.29, 1.82) is 10.8 Å². The van der Waals surface area contributed by atoms with Gasteiger partial charge in [0.05, 0.1) is 12.8 Å². The van der Waals surface area contributed by atoms with Crippen LogP contribution in [0.1, 0.15) is 38.5 Å². The first-order valence-corrected chi connectivity index (χ1v) is 8.95. The Balaban J connectivity index is -0.000000801. The molecule has 20 heteroatoms. The fourth-order valence-corrected chi connectivity index (χ4v) is 2.08. The molecule has 0 aliphatic rings. The number of hydrogen-bond donors (Lipinski definition) is 8. The van der Waals surface area contributed by atoms with Gasteiger partial charge in [-0.2, -0.15) is 0 Å². The molecule has 0 fully saturated rings. The second kappa shape index (κ2) is 27.5. The Morgan fingerprint density at radius 1 is 0.611 bits per heavy atom. The summed E-state index contributed by atoms with van der Waals surface area (Å²) in [5, 5.41) is 36.0. The van der Waals surface area contributed by atoms with Crippen molar-refractivity contribution in [3.05, 3.63) is 0 Å². The number of carboxylic acid groups (broad SMARTS) is 2. The molecule has 0 aliphatic carbocycles. The van der Waals surface area contributed by atoms with E-state index >= 15 is 0 Å². The van der Waals surface area contributed by atoms with Gasteiger partial charge in [0, 0.05) is 12.8 Å². The van der Waals surface area contributed by atoms with Crippen LogP contribution in [-0.4, -0.2) is 276 Å². The van der Waals surface area contributed by atoms with Crippen molar-refractivity contribution in [2.75, 3.05) is 0 Å². The molecular weight excluding hydrogens is 593 g/mol. The van der Waals surface area contributed by atoms with E-state index < -0.39 is 85.5 Å². The fourth-order valence-electron chi connectivity index (χ4n) is 2.08. The van der Waals surface area contributed by atoms with E-state index in [1.54, 1.807) is 0 Å². The molecular formula is C16H28K4N6O10. The summed E-state index contributed by atoms with van der Waals surface area (Å²) in [4.78, 5) is 68.2. The minimum absolute atomic E-state index is 0. The van der Waals surface area contributed by atoms with Crippen LogP contribution in [0, 0.1) is 10.8 Å². The molecule has 0 aromatic carbocycles. The molecule has 0 aliphatic heterocycles. The van der Waals surface area contributed by atoms with Crippen LogP contribution in [0.2, 0.25) is 0 Å². The minimum atomic E-state index is -1.38. The fraction of sp³-hybridized carbons (Fsp3) is 0.500. The third kappa shape index (κ3) is 26.5. The van der Waals surface area contributed by atoms with Gasteiger partial charge < -0.3 is 41.8 Å². The van der Waals surface area contributed by atoms with Gasteiger partial charge in [-0.05, 0) is 12.8 Å². The van der Waals surface area contributed by atoms with Crippen LogP contribution >= 0.6 is 0 Å². The molecule has 10 N–H and O–H groups in total. The molecule has 0 rings (SSSR count). The molecule has 0 spiro atoms. The van der Waals surface area contributed by atoms with Crippen molar-refractivity contribution in [1.82, 2.24) is 10.6 Å². The van der Waals surface area contributed by atoms with Crippen LogP contribution in [-0.2, 0) is 38.2 Å². The second-order valence-corrected chi connectivity index (χ2v) is 6.17. The van der Waals surface area contributed by atoms with E-state index in [-0.39, 0.29) is 218 Å². The molecule has 2 atom stereocenters. The second-order valence-electron chi connectivity index (χ2n) is 6.17. The van der Waals surface area contributed by atoms with Crippen molar-refractivity contribution in [3.8, 4) is 0 Å². The standard InChI is InChI=1S/C16H24N6O10.4K.4H/c17-15(18)21-7(13(27)28)1-3-9(23)31-11(25)5-6-12(26)32-10(24)4-2-8(14(29)30)22-16(19)20;;;;;;;;/h7-8H,1-6H2,(H,27,28)(H,29,30)(H4,17,18,21)(H4,19,20,22);;;;;;;;/t7-,8-;;;;;;;;/m1......../s1. The number of carbonyl (C=O) groups is 6. The zero-order valence-electron chi connectivity index (χ0n) is 16.7. The number of aliphatic carboxylic acids is 2. The number of esters is 4. The van der Waals surface area contributed by atoms with Gasteiger partial charge in [0.25, 0.3) is 0 Å². The van der Waals surface area contributed by atoms with E-state index in [1.807, 2.05) is 0 Å². The van der Waals surface area contributed by atoms with Crippen molar-refractivity contribution in [2.45, 2.75) is 50.6 Å². The van der Waals surface area contributed by atoms with E-state index in [2.05, 4.69) is 20.1 Å². The number of nitrogens with one attached hydrogen (secondary N) is 4. The van der Waals surface area contributed by atoms with Crippen LogP contribution in [0.4, 0.5) is 0 Å². The molecule has 36 heavy (non-hydrogen) atoms. The Morgan fingerprint density at radius 3 is 1.08 bits per heavy atom. The Kier molecular flexibility index (Phi) is 36.7. The number of nitrogens with two attached hydrogens (primary N) is 2. The average Bonchev–Trinajstić information content (AvgIpc) is 2.65. The summed E-state index contributed by atoms with van der Waals surface area (Å²) in [5.41, 5.74) is 10.0. The van der Waals surface area contributed by atoms with Gasteiger partial charge in [-0.1, -0.05) is 0 Å². The van der Waals surface area contributed by atoms with Crippen molar-refractivity contribution < 1.29 is 48.5 Å². The van der Waals surface area contributed by atoms with Gasteiger partial charge in [-0.3, -0.25) is 30.0 Å². The van der Waals surface area contributed by atoms with Crippen LogP contribution < -0.4 is 22.1 Å². The van der Waals surface area contributed by atoms with Crippen LogP contribution in [0.15, 0.2) is 0 Å². The number of carbonyl (C=O) groups excluding carboxylic acids is 4. The maximum atomic E-state index is 11.6. The quantitative estimate of drug-likeness (QED) is 0.0314. The Bertz CT molecular complexity index is 737. The molecule has 0 heterocycles. The third-order valence-electron chi connectivity index (χ3n) is 3.52. The van der Waals surface area contributed by atoms with E-state index in [9.17, 15) is 28.8 Å². The number of rotatable bonds is 13. The molecule has 16 nitrogen and oxygen atoms in total. The van der Waals surface area contributed by atoms with Gasteiger partial charge in [0.1, 0.15) is 12.1 Å². The molecule has 0 aromatic rings. The summed E-state index contributed by atoms with van der Waals surface area (Å²) in [6.45, 7) is 0. The van der Waals surface area contributed by atoms with Gasteiger partial charge in [0.2, 0.25) is 0 Å². The zero-order chi connectivity index (χ0) is 24.8. The Hall–Kier alpha value is 2.31. The molecule has 0 amide bonds. The Labute approximate surface area is 376 Å². The summed E-state index contributed by atoms with van der Waals surface area (Å²) >= 11 is 0. The summed E-state index contributed by atoms with van der Waals surface area (Å²) < 4.78 is 8.80. The topological polar surface area (TPSA) is 285 Å². The molecule has 0 bridgehead atoms. The SMILES string of the molecule is N=C(N)N[C@H](CCC(=O)OC(=O)CCC(=O)OC(=O)CC[C@@H](NC(=N)N)C(=O)O)C(=O)O.[KH].[KH].[KH].[KH]. The van der Waals surface area contributed by atoms with Gasteiger partial charge in [-0.25, -0.2) is 9.59 Å². The Morgan fingerprint density at radius 2 is 0.861 bits per heavy atom. The van der Waals surface area contributed by atoms with E-state index in [0.29, 0.717) is 0 Å². The number of ether oxygens (including phenoxy) is 2. The third-order valence-corrected chi connectivity index (χ3v) is 3.52. The van der Waals surface area contributed by atoms with Crippen LogP contribution in [0.25, 0.3) is 0 Å². The molecule has 0 unspecified atom stereocenters. The van der Waals surface area contributed by atoms with E-state index in [4.69, 9.17) is 32.5 Å². The summed E-state index contributed by atoms with van der Waals surface area (Å²) in [5.74, 6) is -8.39. The van der Waals surface area contributed by atoms with Crippen molar-refractivity contribution in [2.24, 2.45) is 11.5 Å². The predicted molar refractivity (Wildman–Crippen MR) is 131 cm³/mol. The normalized spacial score (nSPS) is 10.6. The van der Waals surface area contributed by atoms with E-state index in [0.717, 1.165) is 0 Å². The molecule has 0 saturated carbocycles. The zero-order valence-corrected chi connectivity index (χ0v) is 16.7. The molecule has 0 radical (unpaired) electrons. The molecule has 186 valence electrons. The predicted octanol–water partition coefficient (Wildman–Crippen LogP) is -5.25. The number of carboxylic acids is 2. The first-order valence-electron chi connectivity index (χ1n) is 8.95. The van der Waals surface area contributed by atoms with Crippen molar-refractivity contribution in [3.63, 3.8) is 0 Å². The van der Waals surface area contributed by atoms with E-state index in [1.165, 1.54) is 0 Å². The number of hydrogen-bond acceptors (Lipinski definition) is 10. The van der Waals surface area contributed by atoms with Gasteiger partial charge in [0.15, 0.2) is 11.9 Å². The first-order chi connectivity index (χ1) is 14.8. The molecule has 0 aromatic heterocycles. The number of guanidine groups is 2. The van der Waals surface area contributed by atoms with Gasteiger partial charge >= 0.3 is 241 Å². The first kappa shape index (κ1) is 48.1. The summed E-state index contributed by atoms with van der Waals surface area (Å²) in [7, 11) is 0. The van der Waals surface area contributed by atoms with Crippen LogP contribution in [0.5, 0.6) is 0 Å². The average molecular weight is 621 g/mol. The monoisotopic (exact) mass is 620 g/mol. The van der Waals surface area contributed by atoms with Crippen molar-refractivity contribution >= 4 is 253 Å². The summed E-state index contributed by atoms with van der Waals surface area (Å²) in [6, 6.07) is -2.69. The maximum absolute atomic E-state index is 11.6. The van der Waals surface area contributed by atoms with Crippen LogP contribution in [0.3, 0.4) is 0 Å². The molecule has 0 saturated heterocycles. The summed E-state index contributed by atoms with van der Waals surface area (Å²) in [6.07, 6.45) is -2.87. The van der Waals surface area contributed by atoms with Gasteiger partial charge in [-0.15, -0.1) is 0 Å².